The van der Waals surface area contributed by atoms with Gasteiger partial charge in [0.15, 0.2) is 0 Å². The lowest BCUT2D eigenvalue weighted by molar-refractivity contribution is 0.0686. The lowest BCUT2D eigenvalue weighted by Crippen LogP contribution is -2.39. The zero-order valence-corrected chi connectivity index (χ0v) is 11.8. The Hall–Kier alpha value is -1.52. The van der Waals surface area contributed by atoms with Crippen LogP contribution >= 0.6 is 0 Å². The van der Waals surface area contributed by atoms with Gasteiger partial charge in [0, 0.05) is 19.6 Å². The molecule has 0 saturated heterocycles. The third kappa shape index (κ3) is 3.03. The highest BCUT2D eigenvalue weighted by atomic mass is 16.2. The molecule has 0 aromatic carbocycles. The second-order valence-electron chi connectivity index (χ2n) is 4.68. The van der Waals surface area contributed by atoms with Gasteiger partial charge >= 0.3 is 0 Å². The molecule has 1 unspecified atom stereocenters. The van der Waals surface area contributed by atoms with Crippen molar-refractivity contribution in [3.8, 4) is 0 Å². The van der Waals surface area contributed by atoms with Gasteiger partial charge in [0.25, 0.3) is 5.91 Å². The number of amides is 1. The number of nitrogens with two attached hydrogens (primary N) is 1. The first-order valence-electron chi connectivity index (χ1n) is 6.61. The van der Waals surface area contributed by atoms with Crippen LogP contribution in [0.3, 0.4) is 0 Å². The lowest BCUT2D eigenvalue weighted by Gasteiger charge is -2.28. The summed E-state index contributed by atoms with van der Waals surface area (Å²) in [5.41, 5.74) is 6.37. The molecule has 0 aliphatic carbocycles. The third-order valence-corrected chi connectivity index (χ3v) is 3.35. The first-order valence-corrected chi connectivity index (χ1v) is 6.61. The van der Waals surface area contributed by atoms with E-state index in [0.29, 0.717) is 11.4 Å². The van der Waals surface area contributed by atoms with Crippen molar-refractivity contribution in [1.82, 2.24) is 14.7 Å². The second-order valence-corrected chi connectivity index (χ2v) is 4.68. The molecule has 0 spiro atoms. The van der Waals surface area contributed by atoms with Crippen LogP contribution in [-0.2, 0) is 7.05 Å². The van der Waals surface area contributed by atoms with E-state index in [9.17, 15) is 4.79 Å². The molecule has 0 saturated carbocycles. The summed E-state index contributed by atoms with van der Waals surface area (Å²) in [4.78, 5) is 14.4. The summed E-state index contributed by atoms with van der Waals surface area (Å²) in [7, 11) is 1.74. The van der Waals surface area contributed by atoms with E-state index in [-0.39, 0.29) is 11.9 Å². The van der Waals surface area contributed by atoms with Gasteiger partial charge in [-0.25, -0.2) is 0 Å². The largest absolute Gasteiger partial charge is 0.383 e. The van der Waals surface area contributed by atoms with Gasteiger partial charge in [-0.2, -0.15) is 5.10 Å². The molecule has 5 nitrogen and oxygen atoms in total. The average Bonchev–Trinajstić information content (AvgIpc) is 2.69. The van der Waals surface area contributed by atoms with Gasteiger partial charge in [0.05, 0.1) is 6.20 Å². The Kier molecular flexibility index (Phi) is 5.19. The fourth-order valence-corrected chi connectivity index (χ4v) is 1.84. The zero-order valence-electron chi connectivity index (χ0n) is 11.8. The summed E-state index contributed by atoms with van der Waals surface area (Å²) in [6.45, 7) is 7.06. The van der Waals surface area contributed by atoms with E-state index in [1.807, 2.05) is 4.90 Å². The van der Waals surface area contributed by atoms with Crippen LogP contribution in [0.15, 0.2) is 6.20 Å². The number of carbonyl (C=O) groups excluding carboxylic acids is 1. The number of unbranched alkanes of at least 4 members (excludes halogenated alkanes) is 1. The summed E-state index contributed by atoms with van der Waals surface area (Å²) >= 11 is 0. The molecule has 1 rings (SSSR count). The molecule has 0 bridgehead atoms. The van der Waals surface area contributed by atoms with Crippen LogP contribution in [-0.4, -0.2) is 33.2 Å². The van der Waals surface area contributed by atoms with Crippen molar-refractivity contribution in [3.05, 3.63) is 11.8 Å². The molecule has 18 heavy (non-hydrogen) atoms. The normalized spacial score (nSPS) is 12.4. The van der Waals surface area contributed by atoms with Crippen LogP contribution in [0.25, 0.3) is 0 Å². The molecule has 0 radical (unpaired) electrons. The molecule has 1 amide bonds. The first-order chi connectivity index (χ1) is 8.52. The summed E-state index contributed by atoms with van der Waals surface area (Å²) in [5, 5.41) is 4.03. The van der Waals surface area contributed by atoms with Gasteiger partial charge < -0.3 is 10.6 Å². The van der Waals surface area contributed by atoms with Crippen LogP contribution in [0.1, 0.15) is 50.4 Å². The number of nitrogens with zero attached hydrogens (tertiary/aromatic N) is 3. The second kappa shape index (κ2) is 6.42. The van der Waals surface area contributed by atoms with E-state index >= 15 is 0 Å². The number of anilines is 1. The minimum Gasteiger partial charge on any atom is -0.383 e. The van der Waals surface area contributed by atoms with E-state index in [0.717, 1.165) is 25.8 Å². The van der Waals surface area contributed by atoms with Crippen LogP contribution in [0.5, 0.6) is 0 Å². The number of hydrogen-bond acceptors (Lipinski definition) is 3. The van der Waals surface area contributed by atoms with Gasteiger partial charge in [-0.3, -0.25) is 9.48 Å². The standard InChI is InChI=1S/C13H24N4O/c1-5-7-8-17(10(3)6-2)13(18)11-9-15-16(4)12(11)14/h9-10H,5-8,14H2,1-4H3. The van der Waals surface area contributed by atoms with Crippen molar-refractivity contribution in [3.63, 3.8) is 0 Å². The maximum absolute atomic E-state index is 12.5. The Balaban J connectivity index is 2.91. The Bertz CT molecular complexity index is 400. The highest BCUT2D eigenvalue weighted by Gasteiger charge is 2.23. The molecule has 2 N–H and O–H groups in total. The molecule has 0 aliphatic rings. The molecular weight excluding hydrogens is 228 g/mol. The zero-order chi connectivity index (χ0) is 13.7. The van der Waals surface area contributed by atoms with Crippen molar-refractivity contribution in [1.29, 1.82) is 0 Å². The van der Waals surface area contributed by atoms with Crippen LogP contribution in [0, 0.1) is 0 Å². The van der Waals surface area contributed by atoms with Crippen molar-refractivity contribution < 1.29 is 4.79 Å². The van der Waals surface area contributed by atoms with Crippen LogP contribution in [0.4, 0.5) is 5.82 Å². The molecule has 1 aromatic rings. The van der Waals surface area contributed by atoms with E-state index in [1.54, 1.807) is 13.2 Å². The maximum Gasteiger partial charge on any atom is 0.259 e. The Labute approximate surface area is 109 Å². The topological polar surface area (TPSA) is 64.2 Å². The first kappa shape index (κ1) is 14.5. The van der Waals surface area contributed by atoms with Gasteiger partial charge in [-0.05, 0) is 19.8 Å². The fourth-order valence-electron chi connectivity index (χ4n) is 1.84. The van der Waals surface area contributed by atoms with Crippen molar-refractivity contribution in [2.45, 2.75) is 46.1 Å². The van der Waals surface area contributed by atoms with Crippen molar-refractivity contribution in [2.24, 2.45) is 7.05 Å². The van der Waals surface area contributed by atoms with Crippen molar-refractivity contribution in [2.75, 3.05) is 12.3 Å². The SMILES string of the molecule is CCCCN(C(=O)c1cnn(C)c1N)C(C)CC. The minimum atomic E-state index is -0.0107. The summed E-state index contributed by atoms with van der Waals surface area (Å²) in [5.74, 6) is 0.424. The van der Waals surface area contributed by atoms with E-state index in [4.69, 9.17) is 5.73 Å². The third-order valence-electron chi connectivity index (χ3n) is 3.35. The van der Waals surface area contributed by atoms with Gasteiger partial charge in [0.1, 0.15) is 11.4 Å². The smallest absolute Gasteiger partial charge is 0.259 e. The maximum atomic E-state index is 12.5. The van der Waals surface area contributed by atoms with Gasteiger partial charge in [-0.15, -0.1) is 0 Å². The van der Waals surface area contributed by atoms with Gasteiger partial charge in [-0.1, -0.05) is 20.3 Å². The molecule has 0 fully saturated rings. The molecule has 5 heteroatoms. The average molecular weight is 252 g/mol. The Morgan fingerprint density at radius 3 is 2.67 bits per heavy atom. The number of aromatic nitrogens is 2. The Morgan fingerprint density at radius 1 is 1.56 bits per heavy atom. The Morgan fingerprint density at radius 2 is 2.22 bits per heavy atom. The molecule has 102 valence electrons. The number of aryl methyl sites for hydroxylation is 1. The van der Waals surface area contributed by atoms with Crippen molar-refractivity contribution >= 4 is 11.7 Å². The van der Waals surface area contributed by atoms with E-state index in [2.05, 4.69) is 25.9 Å². The quantitative estimate of drug-likeness (QED) is 0.842. The molecule has 1 aromatic heterocycles. The van der Waals surface area contributed by atoms with Crippen LogP contribution in [0.2, 0.25) is 0 Å². The minimum absolute atomic E-state index is 0.0107. The van der Waals surface area contributed by atoms with Crippen LogP contribution < -0.4 is 5.73 Å². The number of rotatable bonds is 6. The lowest BCUT2D eigenvalue weighted by atomic mass is 10.1. The summed E-state index contributed by atoms with van der Waals surface area (Å²) in [6, 6.07) is 0.226. The predicted octanol–water partition coefficient (Wildman–Crippen LogP) is 2.04. The molecule has 1 heterocycles. The number of nitrogen functional groups attached to an aromatic ring is 1. The number of hydrogen-bond donors (Lipinski definition) is 1. The highest BCUT2D eigenvalue weighted by molar-refractivity contribution is 5.98. The molecule has 1 atom stereocenters. The van der Waals surface area contributed by atoms with E-state index in [1.165, 1.54) is 4.68 Å². The van der Waals surface area contributed by atoms with Gasteiger partial charge in [0.2, 0.25) is 0 Å². The molecule has 0 aliphatic heterocycles. The summed E-state index contributed by atoms with van der Waals surface area (Å²) < 4.78 is 1.53. The molecular formula is C13H24N4O. The number of carbonyl (C=O) groups is 1. The fraction of sp³-hybridized carbons (Fsp3) is 0.692. The van der Waals surface area contributed by atoms with E-state index < -0.39 is 0 Å². The monoisotopic (exact) mass is 252 g/mol. The summed E-state index contributed by atoms with van der Waals surface area (Å²) in [6.07, 6.45) is 4.58. The predicted molar refractivity (Wildman–Crippen MR) is 73.3 cm³/mol. The highest BCUT2D eigenvalue weighted by Crippen LogP contribution is 2.16.